The molecule has 3 aromatic rings. The maximum absolute atomic E-state index is 5.52. The van der Waals surface area contributed by atoms with Crippen LogP contribution in [0.25, 0.3) is 22.5 Å². The molecule has 0 saturated carbocycles. The Bertz CT molecular complexity index is 920. The highest BCUT2D eigenvalue weighted by Gasteiger charge is 2.16. The van der Waals surface area contributed by atoms with Gasteiger partial charge in [0, 0.05) is 17.2 Å². The quantitative estimate of drug-likeness (QED) is 0.690. The molecule has 0 N–H and O–H groups in total. The van der Waals surface area contributed by atoms with Crippen LogP contribution in [0.4, 0.5) is 0 Å². The fourth-order valence-electron chi connectivity index (χ4n) is 2.95. The van der Waals surface area contributed by atoms with Gasteiger partial charge in [-0.25, -0.2) is 9.97 Å². The van der Waals surface area contributed by atoms with E-state index in [0.29, 0.717) is 0 Å². The highest BCUT2D eigenvalue weighted by Crippen LogP contribution is 2.35. The fraction of sp³-hybridized carbons (Fsp3) is 0.238. The van der Waals surface area contributed by atoms with E-state index in [0.717, 1.165) is 45.4 Å². The summed E-state index contributed by atoms with van der Waals surface area (Å²) >= 11 is 0. The predicted octanol–water partition coefficient (Wildman–Crippen LogP) is 4.75. The van der Waals surface area contributed by atoms with E-state index >= 15 is 0 Å². The highest BCUT2D eigenvalue weighted by atomic mass is 16.5. The number of hydrogen-bond acceptors (Lipinski definition) is 4. The van der Waals surface area contributed by atoms with Gasteiger partial charge in [0.1, 0.15) is 11.5 Å². The molecule has 0 aliphatic heterocycles. The van der Waals surface area contributed by atoms with Gasteiger partial charge in [-0.2, -0.15) is 0 Å². The van der Waals surface area contributed by atoms with Crippen molar-refractivity contribution in [2.24, 2.45) is 0 Å². The number of methoxy groups -OCH3 is 2. The zero-order chi connectivity index (χ0) is 18.0. The molecule has 0 fully saturated rings. The number of rotatable bonds is 4. The van der Waals surface area contributed by atoms with Crippen LogP contribution in [0, 0.1) is 20.8 Å². The topological polar surface area (TPSA) is 44.2 Å². The third kappa shape index (κ3) is 3.20. The maximum atomic E-state index is 5.52. The van der Waals surface area contributed by atoms with E-state index in [9.17, 15) is 0 Å². The van der Waals surface area contributed by atoms with Crippen molar-refractivity contribution in [1.29, 1.82) is 0 Å². The Kier molecular flexibility index (Phi) is 4.70. The molecule has 4 heteroatoms. The van der Waals surface area contributed by atoms with Crippen LogP contribution < -0.4 is 9.47 Å². The first-order valence-electron chi connectivity index (χ1n) is 8.18. The van der Waals surface area contributed by atoms with Crippen molar-refractivity contribution >= 4 is 0 Å². The van der Waals surface area contributed by atoms with Crippen LogP contribution >= 0.6 is 0 Å². The second-order valence-electron chi connectivity index (χ2n) is 5.97. The molecule has 0 aliphatic rings. The maximum Gasteiger partial charge on any atom is 0.132 e. The molecule has 0 bridgehead atoms. The summed E-state index contributed by atoms with van der Waals surface area (Å²) in [5.41, 5.74) is 6.73. The van der Waals surface area contributed by atoms with Crippen molar-refractivity contribution in [3.05, 3.63) is 59.4 Å². The van der Waals surface area contributed by atoms with Crippen LogP contribution in [-0.4, -0.2) is 24.2 Å². The molecule has 0 amide bonds. The van der Waals surface area contributed by atoms with Crippen LogP contribution in [0.15, 0.2) is 42.5 Å². The number of ether oxygens (including phenoxy) is 2. The predicted molar refractivity (Wildman–Crippen MR) is 100 cm³/mol. The lowest BCUT2D eigenvalue weighted by Gasteiger charge is -2.15. The van der Waals surface area contributed by atoms with E-state index in [-0.39, 0.29) is 0 Å². The van der Waals surface area contributed by atoms with Crippen molar-refractivity contribution in [2.45, 2.75) is 20.8 Å². The Morgan fingerprint density at radius 3 is 1.96 bits per heavy atom. The molecule has 3 rings (SSSR count). The van der Waals surface area contributed by atoms with Crippen LogP contribution in [0.2, 0.25) is 0 Å². The van der Waals surface area contributed by atoms with Crippen molar-refractivity contribution in [3.63, 3.8) is 0 Å². The Morgan fingerprint density at radius 2 is 1.36 bits per heavy atom. The summed E-state index contributed by atoms with van der Waals surface area (Å²) in [5.74, 6) is 1.47. The molecule has 0 saturated heterocycles. The van der Waals surface area contributed by atoms with E-state index in [1.54, 1.807) is 14.2 Å². The van der Waals surface area contributed by atoms with Gasteiger partial charge < -0.3 is 9.47 Å². The Hall–Kier alpha value is -2.88. The third-order valence-electron chi connectivity index (χ3n) is 4.31. The van der Waals surface area contributed by atoms with Crippen molar-refractivity contribution < 1.29 is 9.47 Å². The molecule has 4 nitrogen and oxygen atoms in total. The molecule has 0 spiro atoms. The summed E-state index contributed by atoms with van der Waals surface area (Å²) in [4.78, 5) is 9.69. The van der Waals surface area contributed by atoms with E-state index in [2.05, 4.69) is 19.1 Å². The number of aryl methyl sites for hydroxylation is 3. The molecule has 0 unspecified atom stereocenters. The monoisotopic (exact) mass is 334 g/mol. The second-order valence-corrected chi connectivity index (χ2v) is 5.97. The smallest absolute Gasteiger partial charge is 0.132 e. The van der Waals surface area contributed by atoms with Crippen LogP contribution in [-0.2, 0) is 0 Å². The van der Waals surface area contributed by atoms with Gasteiger partial charge in [-0.05, 0) is 38.5 Å². The Balaban J connectivity index is 2.15. The lowest BCUT2D eigenvalue weighted by Crippen LogP contribution is -2.01. The summed E-state index contributed by atoms with van der Waals surface area (Å²) < 4.78 is 10.8. The summed E-state index contributed by atoms with van der Waals surface area (Å²) in [7, 11) is 3.29. The molecule has 1 heterocycles. The minimum atomic E-state index is 0.722. The van der Waals surface area contributed by atoms with Crippen LogP contribution in [0.1, 0.15) is 17.0 Å². The summed E-state index contributed by atoms with van der Waals surface area (Å²) in [5, 5.41) is 0. The third-order valence-corrected chi connectivity index (χ3v) is 4.31. The van der Waals surface area contributed by atoms with E-state index in [1.165, 1.54) is 5.56 Å². The van der Waals surface area contributed by atoms with E-state index in [1.807, 2.05) is 44.2 Å². The minimum Gasteiger partial charge on any atom is -0.497 e. The van der Waals surface area contributed by atoms with E-state index in [4.69, 9.17) is 19.4 Å². The van der Waals surface area contributed by atoms with Gasteiger partial charge in [0.2, 0.25) is 0 Å². The molecule has 2 aromatic carbocycles. The molecule has 0 aliphatic carbocycles. The van der Waals surface area contributed by atoms with Gasteiger partial charge in [-0.15, -0.1) is 0 Å². The van der Waals surface area contributed by atoms with Gasteiger partial charge in [0.15, 0.2) is 0 Å². The van der Waals surface area contributed by atoms with Gasteiger partial charge in [-0.3, -0.25) is 0 Å². The lowest BCUT2D eigenvalue weighted by atomic mass is 10.0. The lowest BCUT2D eigenvalue weighted by molar-refractivity contribution is 0.395. The molecule has 0 radical (unpaired) electrons. The van der Waals surface area contributed by atoms with Gasteiger partial charge >= 0.3 is 0 Å². The van der Waals surface area contributed by atoms with Crippen molar-refractivity contribution in [2.75, 3.05) is 14.2 Å². The number of hydrogen-bond donors (Lipinski definition) is 0. The number of benzene rings is 2. The van der Waals surface area contributed by atoms with Gasteiger partial charge in [0.05, 0.1) is 37.0 Å². The normalized spacial score (nSPS) is 10.6. The first-order chi connectivity index (χ1) is 12.0. The zero-order valence-electron chi connectivity index (χ0n) is 15.3. The Labute approximate surface area is 148 Å². The van der Waals surface area contributed by atoms with Crippen molar-refractivity contribution in [3.8, 4) is 34.0 Å². The molecular weight excluding hydrogens is 312 g/mol. The van der Waals surface area contributed by atoms with Gasteiger partial charge in [-0.1, -0.05) is 24.3 Å². The first kappa shape index (κ1) is 17.0. The SMILES string of the molecule is COc1ccc(-c2nc(C)c(-c3ccccc3C)nc2C)c(OC)c1. The number of nitrogens with zero attached hydrogens (tertiary/aromatic N) is 2. The zero-order valence-corrected chi connectivity index (χ0v) is 15.3. The minimum absolute atomic E-state index is 0.722. The van der Waals surface area contributed by atoms with Crippen molar-refractivity contribution in [1.82, 2.24) is 9.97 Å². The number of aromatic nitrogens is 2. The summed E-state index contributed by atoms with van der Waals surface area (Å²) in [6, 6.07) is 14.0. The highest BCUT2D eigenvalue weighted by molar-refractivity contribution is 5.73. The largest absolute Gasteiger partial charge is 0.497 e. The van der Waals surface area contributed by atoms with E-state index < -0.39 is 0 Å². The Morgan fingerprint density at radius 1 is 0.720 bits per heavy atom. The molecular formula is C21H22N2O2. The summed E-state index contributed by atoms with van der Waals surface area (Å²) in [6.07, 6.45) is 0. The van der Waals surface area contributed by atoms with Crippen LogP contribution in [0.3, 0.4) is 0 Å². The van der Waals surface area contributed by atoms with Crippen LogP contribution in [0.5, 0.6) is 11.5 Å². The molecule has 0 atom stereocenters. The molecule has 128 valence electrons. The van der Waals surface area contributed by atoms with Gasteiger partial charge in [0.25, 0.3) is 0 Å². The fourth-order valence-corrected chi connectivity index (χ4v) is 2.95. The molecule has 1 aromatic heterocycles. The molecule has 25 heavy (non-hydrogen) atoms. The second kappa shape index (κ2) is 6.93. The average Bonchev–Trinajstić information content (AvgIpc) is 2.63. The summed E-state index contributed by atoms with van der Waals surface area (Å²) in [6.45, 7) is 6.06. The average molecular weight is 334 g/mol. The standard InChI is InChI=1S/C21H22N2O2/c1-13-8-6-7-9-17(13)20-14(2)23-21(15(3)22-20)18-11-10-16(24-4)12-19(18)25-5/h6-12H,1-5H3. The first-order valence-corrected chi connectivity index (χ1v) is 8.18.